The number of aromatic nitrogens is 3. The van der Waals surface area contributed by atoms with Gasteiger partial charge in [0, 0.05) is 5.69 Å². The topological polar surface area (TPSA) is 88.9 Å². The SMILES string of the molecule is Cc1ccccc1-n1cnnc1SCC(=O)NCC(=O)Nc1cccc(C)c1C. The van der Waals surface area contributed by atoms with Gasteiger partial charge in [-0.1, -0.05) is 42.1 Å². The number of thioether (sulfide) groups is 1. The van der Waals surface area contributed by atoms with E-state index in [1.165, 1.54) is 11.8 Å². The zero-order chi connectivity index (χ0) is 20.8. The summed E-state index contributed by atoms with van der Waals surface area (Å²) < 4.78 is 1.85. The molecule has 0 aliphatic carbocycles. The number of aryl methyl sites for hydroxylation is 2. The molecule has 150 valence electrons. The molecule has 0 saturated carbocycles. The van der Waals surface area contributed by atoms with Crippen LogP contribution in [0.4, 0.5) is 5.69 Å². The van der Waals surface area contributed by atoms with Crippen molar-refractivity contribution in [2.45, 2.75) is 25.9 Å². The first-order valence-electron chi connectivity index (χ1n) is 9.17. The number of benzene rings is 2. The van der Waals surface area contributed by atoms with Crippen LogP contribution in [0, 0.1) is 20.8 Å². The molecule has 0 unspecified atom stereocenters. The summed E-state index contributed by atoms with van der Waals surface area (Å²) in [5.41, 5.74) is 4.92. The minimum absolute atomic E-state index is 0.0861. The summed E-state index contributed by atoms with van der Waals surface area (Å²) in [6.45, 7) is 5.85. The van der Waals surface area contributed by atoms with Crippen molar-refractivity contribution < 1.29 is 9.59 Å². The number of carbonyl (C=O) groups is 2. The van der Waals surface area contributed by atoms with E-state index < -0.39 is 0 Å². The zero-order valence-electron chi connectivity index (χ0n) is 16.6. The van der Waals surface area contributed by atoms with Crippen LogP contribution in [0.2, 0.25) is 0 Å². The fraction of sp³-hybridized carbons (Fsp3) is 0.238. The molecule has 0 spiro atoms. The molecule has 2 aromatic carbocycles. The van der Waals surface area contributed by atoms with Gasteiger partial charge < -0.3 is 10.6 Å². The van der Waals surface area contributed by atoms with Gasteiger partial charge in [-0.05, 0) is 49.6 Å². The summed E-state index contributed by atoms with van der Waals surface area (Å²) in [6, 6.07) is 13.6. The molecule has 7 nitrogen and oxygen atoms in total. The highest BCUT2D eigenvalue weighted by Crippen LogP contribution is 2.21. The van der Waals surface area contributed by atoms with E-state index in [1.807, 2.05) is 67.8 Å². The predicted molar refractivity (Wildman–Crippen MR) is 114 cm³/mol. The summed E-state index contributed by atoms with van der Waals surface area (Å²) in [5, 5.41) is 14.1. The van der Waals surface area contributed by atoms with Gasteiger partial charge in [0.1, 0.15) is 6.33 Å². The molecule has 1 aromatic heterocycles. The lowest BCUT2D eigenvalue weighted by Gasteiger charge is -2.11. The van der Waals surface area contributed by atoms with Crippen molar-refractivity contribution in [3.63, 3.8) is 0 Å². The number of rotatable bonds is 7. The minimum atomic E-state index is -0.264. The van der Waals surface area contributed by atoms with Crippen LogP contribution in [-0.2, 0) is 9.59 Å². The number of anilines is 1. The first-order valence-corrected chi connectivity index (χ1v) is 10.2. The second kappa shape index (κ2) is 9.38. The van der Waals surface area contributed by atoms with Crippen molar-refractivity contribution in [2.24, 2.45) is 0 Å². The maximum Gasteiger partial charge on any atom is 0.243 e. The number of para-hydroxylation sites is 1. The van der Waals surface area contributed by atoms with Gasteiger partial charge in [0.25, 0.3) is 0 Å². The quantitative estimate of drug-likeness (QED) is 0.586. The second-order valence-corrected chi connectivity index (χ2v) is 7.57. The third-order valence-corrected chi connectivity index (χ3v) is 5.49. The molecule has 3 aromatic rings. The molecule has 0 fully saturated rings. The number of carbonyl (C=O) groups excluding carboxylic acids is 2. The molecule has 3 rings (SSSR count). The molecular formula is C21H23N5O2S. The Hall–Kier alpha value is -3.13. The van der Waals surface area contributed by atoms with Crippen molar-refractivity contribution >= 4 is 29.3 Å². The molecule has 2 amide bonds. The summed E-state index contributed by atoms with van der Waals surface area (Å²) >= 11 is 1.27. The van der Waals surface area contributed by atoms with Crippen molar-refractivity contribution in [1.82, 2.24) is 20.1 Å². The lowest BCUT2D eigenvalue weighted by Crippen LogP contribution is -2.34. The Bertz CT molecular complexity index is 1030. The Balaban J connectivity index is 1.51. The summed E-state index contributed by atoms with van der Waals surface area (Å²) in [4.78, 5) is 24.3. The van der Waals surface area contributed by atoms with Gasteiger partial charge >= 0.3 is 0 Å². The molecule has 0 aliphatic heterocycles. The smallest absolute Gasteiger partial charge is 0.243 e. The lowest BCUT2D eigenvalue weighted by atomic mass is 10.1. The van der Waals surface area contributed by atoms with Gasteiger partial charge in [0.15, 0.2) is 5.16 Å². The highest BCUT2D eigenvalue weighted by atomic mass is 32.2. The monoisotopic (exact) mass is 409 g/mol. The average Bonchev–Trinajstić information content (AvgIpc) is 3.17. The van der Waals surface area contributed by atoms with E-state index >= 15 is 0 Å². The van der Waals surface area contributed by atoms with Crippen molar-refractivity contribution in [3.8, 4) is 5.69 Å². The number of hydrogen-bond acceptors (Lipinski definition) is 5. The number of amides is 2. The van der Waals surface area contributed by atoms with Crippen molar-refractivity contribution in [2.75, 3.05) is 17.6 Å². The van der Waals surface area contributed by atoms with Gasteiger partial charge in [-0.3, -0.25) is 14.2 Å². The molecule has 0 radical (unpaired) electrons. The summed E-state index contributed by atoms with van der Waals surface area (Å²) in [6.07, 6.45) is 1.63. The van der Waals surface area contributed by atoms with Crippen LogP contribution in [0.25, 0.3) is 5.69 Å². The Morgan fingerprint density at radius 2 is 1.76 bits per heavy atom. The molecule has 1 heterocycles. The highest BCUT2D eigenvalue weighted by Gasteiger charge is 2.12. The van der Waals surface area contributed by atoms with E-state index in [9.17, 15) is 9.59 Å². The molecule has 29 heavy (non-hydrogen) atoms. The maximum atomic E-state index is 12.2. The van der Waals surface area contributed by atoms with Crippen LogP contribution in [0.15, 0.2) is 53.9 Å². The maximum absolute atomic E-state index is 12.2. The Labute approximate surface area is 173 Å². The molecule has 2 N–H and O–H groups in total. The highest BCUT2D eigenvalue weighted by molar-refractivity contribution is 7.99. The van der Waals surface area contributed by atoms with Gasteiger partial charge in [-0.15, -0.1) is 10.2 Å². The van der Waals surface area contributed by atoms with Crippen LogP contribution in [0.1, 0.15) is 16.7 Å². The van der Waals surface area contributed by atoms with Gasteiger partial charge in [-0.25, -0.2) is 0 Å². The zero-order valence-corrected chi connectivity index (χ0v) is 17.4. The number of nitrogens with one attached hydrogen (secondary N) is 2. The molecule has 0 atom stereocenters. The third-order valence-electron chi connectivity index (χ3n) is 4.55. The fourth-order valence-corrected chi connectivity index (χ4v) is 3.51. The van der Waals surface area contributed by atoms with Gasteiger partial charge in [-0.2, -0.15) is 0 Å². The number of nitrogens with zero attached hydrogens (tertiary/aromatic N) is 3. The van der Waals surface area contributed by atoms with Crippen LogP contribution < -0.4 is 10.6 Å². The summed E-state index contributed by atoms with van der Waals surface area (Å²) in [5.74, 6) is -0.369. The fourth-order valence-electron chi connectivity index (χ4n) is 2.76. The van der Waals surface area contributed by atoms with E-state index in [1.54, 1.807) is 6.33 Å². The molecule has 0 saturated heterocycles. The second-order valence-electron chi connectivity index (χ2n) is 6.63. The van der Waals surface area contributed by atoms with Crippen LogP contribution in [-0.4, -0.2) is 38.9 Å². The Morgan fingerprint density at radius 3 is 2.55 bits per heavy atom. The summed E-state index contributed by atoms with van der Waals surface area (Å²) in [7, 11) is 0. The Morgan fingerprint density at radius 1 is 1.00 bits per heavy atom. The first kappa shape index (κ1) is 20.6. The average molecular weight is 410 g/mol. The minimum Gasteiger partial charge on any atom is -0.346 e. The van der Waals surface area contributed by atoms with Gasteiger partial charge in [0.2, 0.25) is 11.8 Å². The van der Waals surface area contributed by atoms with Crippen LogP contribution >= 0.6 is 11.8 Å². The molecule has 0 bridgehead atoms. The first-order chi connectivity index (χ1) is 14.0. The van der Waals surface area contributed by atoms with Crippen LogP contribution in [0.3, 0.4) is 0 Å². The van der Waals surface area contributed by atoms with E-state index in [0.29, 0.717) is 5.16 Å². The predicted octanol–water partition coefficient (Wildman–Crippen LogP) is 3.04. The van der Waals surface area contributed by atoms with Crippen molar-refractivity contribution in [3.05, 3.63) is 65.5 Å². The molecule has 0 aliphatic rings. The molecular weight excluding hydrogens is 386 g/mol. The normalized spacial score (nSPS) is 10.6. The van der Waals surface area contributed by atoms with E-state index in [-0.39, 0.29) is 24.1 Å². The van der Waals surface area contributed by atoms with Crippen molar-refractivity contribution in [1.29, 1.82) is 0 Å². The third kappa shape index (κ3) is 5.23. The van der Waals surface area contributed by atoms with Crippen LogP contribution in [0.5, 0.6) is 0 Å². The number of hydrogen-bond donors (Lipinski definition) is 2. The van der Waals surface area contributed by atoms with E-state index in [0.717, 1.165) is 28.1 Å². The van der Waals surface area contributed by atoms with E-state index in [4.69, 9.17) is 0 Å². The Kier molecular flexibility index (Phi) is 6.66. The van der Waals surface area contributed by atoms with E-state index in [2.05, 4.69) is 20.8 Å². The standard InChI is InChI=1S/C21H23N5O2S/c1-14-8-6-9-17(16(14)3)24-19(27)11-22-20(28)12-29-21-25-23-13-26(21)18-10-5-4-7-15(18)2/h4-10,13H,11-12H2,1-3H3,(H,22,28)(H,24,27). The van der Waals surface area contributed by atoms with Gasteiger partial charge in [0.05, 0.1) is 18.0 Å². The molecule has 8 heteroatoms. The largest absolute Gasteiger partial charge is 0.346 e. The lowest BCUT2D eigenvalue weighted by molar-refractivity contribution is -0.122.